The van der Waals surface area contributed by atoms with Gasteiger partial charge >= 0.3 is 5.97 Å². The first-order valence-corrected chi connectivity index (χ1v) is 10.5. The lowest BCUT2D eigenvalue weighted by molar-refractivity contribution is -0.0192. The van der Waals surface area contributed by atoms with Crippen LogP contribution in [-0.4, -0.2) is 68.2 Å². The molecule has 0 amide bonds. The Morgan fingerprint density at radius 2 is 1.75 bits per heavy atom. The predicted octanol–water partition coefficient (Wildman–Crippen LogP) is 0.651. The van der Waals surface area contributed by atoms with Gasteiger partial charge in [-0.25, -0.2) is 18.2 Å². The molecule has 2 aliphatic rings. The SMILES string of the molecule is CS(=O)(=O)c1nccc(O[C@H]2COC3C2OC[C@@H]3OC(=O)c2ccccc2)n1. The Morgan fingerprint density at radius 3 is 2.46 bits per heavy atom. The molecule has 3 heterocycles. The monoisotopic (exact) mass is 406 g/mol. The van der Waals surface area contributed by atoms with Crippen LogP contribution in [-0.2, 0) is 24.0 Å². The Morgan fingerprint density at radius 1 is 1.07 bits per heavy atom. The molecule has 0 spiro atoms. The highest BCUT2D eigenvalue weighted by Crippen LogP contribution is 2.31. The molecule has 1 aromatic heterocycles. The van der Waals surface area contributed by atoms with Crippen LogP contribution >= 0.6 is 0 Å². The molecule has 2 saturated heterocycles. The van der Waals surface area contributed by atoms with Gasteiger partial charge in [-0.3, -0.25) is 0 Å². The van der Waals surface area contributed by atoms with Crippen LogP contribution < -0.4 is 4.74 Å². The predicted molar refractivity (Wildman–Crippen MR) is 94.7 cm³/mol. The molecule has 2 aromatic rings. The summed E-state index contributed by atoms with van der Waals surface area (Å²) in [4.78, 5) is 19.9. The van der Waals surface area contributed by atoms with Crippen LogP contribution in [0.5, 0.6) is 5.88 Å². The van der Waals surface area contributed by atoms with Gasteiger partial charge in [-0.1, -0.05) is 18.2 Å². The number of esters is 1. The van der Waals surface area contributed by atoms with Crippen LogP contribution in [0.25, 0.3) is 0 Å². The molecule has 148 valence electrons. The van der Waals surface area contributed by atoms with Crippen molar-refractivity contribution in [2.24, 2.45) is 0 Å². The van der Waals surface area contributed by atoms with Crippen LogP contribution in [0.4, 0.5) is 0 Å². The molecule has 2 unspecified atom stereocenters. The molecule has 0 radical (unpaired) electrons. The van der Waals surface area contributed by atoms with Gasteiger partial charge in [0.15, 0.2) is 12.2 Å². The van der Waals surface area contributed by atoms with Gasteiger partial charge in [0, 0.05) is 18.5 Å². The summed E-state index contributed by atoms with van der Waals surface area (Å²) in [7, 11) is -3.55. The average Bonchev–Trinajstić information content (AvgIpc) is 3.26. The minimum absolute atomic E-state index is 0.109. The summed E-state index contributed by atoms with van der Waals surface area (Å²) in [5, 5.41) is -0.317. The van der Waals surface area contributed by atoms with Gasteiger partial charge in [0.1, 0.15) is 12.2 Å². The Kier molecular flexibility index (Phi) is 5.00. The van der Waals surface area contributed by atoms with E-state index in [1.165, 1.54) is 12.3 Å². The number of rotatable bonds is 5. The van der Waals surface area contributed by atoms with Gasteiger partial charge < -0.3 is 18.9 Å². The van der Waals surface area contributed by atoms with E-state index in [9.17, 15) is 13.2 Å². The fourth-order valence-corrected chi connectivity index (χ4v) is 3.64. The standard InChI is InChI=1S/C18H18N2O7S/c1-28(22,23)18-19-8-7-14(20-18)26-12-9-24-16-13(10-25-15(12)16)27-17(21)11-5-3-2-4-6-11/h2-8,12-13,15-16H,9-10H2,1H3/t12-,13-,15?,16?/m0/s1. The van der Waals surface area contributed by atoms with Crippen LogP contribution in [0.2, 0.25) is 0 Å². The lowest BCUT2D eigenvalue weighted by Gasteiger charge is -2.17. The van der Waals surface area contributed by atoms with Crippen molar-refractivity contribution in [3.05, 3.63) is 48.2 Å². The number of hydrogen-bond donors (Lipinski definition) is 0. The molecule has 1 aromatic carbocycles. The van der Waals surface area contributed by atoms with E-state index in [4.69, 9.17) is 18.9 Å². The van der Waals surface area contributed by atoms with E-state index in [2.05, 4.69) is 9.97 Å². The van der Waals surface area contributed by atoms with Crippen molar-refractivity contribution in [1.82, 2.24) is 9.97 Å². The Labute approximate surface area is 161 Å². The Bertz CT molecular complexity index is 967. The number of carbonyl (C=O) groups is 1. The lowest BCUT2D eigenvalue weighted by atomic mass is 10.1. The zero-order chi connectivity index (χ0) is 19.7. The smallest absolute Gasteiger partial charge is 0.338 e. The minimum atomic E-state index is -3.55. The molecule has 0 saturated carbocycles. The molecule has 4 rings (SSSR count). The number of sulfone groups is 1. The second-order valence-electron chi connectivity index (χ2n) is 6.51. The maximum atomic E-state index is 12.3. The van der Waals surface area contributed by atoms with Crippen molar-refractivity contribution in [3.63, 3.8) is 0 Å². The number of hydrogen-bond acceptors (Lipinski definition) is 9. The highest BCUT2D eigenvalue weighted by molar-refractivity contribution is 7.90. The number of aromatic nitrogens is 2. The number of carbonyl (C=O) groups excluding carboxylic acids is 1. The van der Waals surface area contributed by atoms with Gasteiger partial charge in [0.25, 0.3) is 0 Å². The highest BCUT2D eigenvalue weighted by Gasteiger charge is 2.51. The second-order valence-corrected chi connectivity index (χ2v) is 8.42. The minimum Gasteiger partial charge on any atom is -0.469 e. The van der Waals surface area contributed by atoms with Crippen LogP contribution in [0.1, 0.15) is 10.4 Å². The summed E-state index contributed by atoms with van der Waals surface area (Å²) in [6.45, 7) is 0.388. The molecule has 0 N–H and O–H groups in total. The molecule has 4 atom stereocenters. The summed E-state index contributed by atoms with van der Waals surface area (Å²) >= 11 is 0. The van der Waals surface area contributed by atoms with Gasteiger partial charge in [-0.15, -0.1) is 0 Å². The van der Waals surface area contributed by atoms with Crippen molar-refractivity contribution < 1.29 is 32.2 Å². The average molecular weight is 406 g/mol. The van der Waals surface area contributed by atoms with Gasteiger partial charge in [0.05, 0.1) is 18.8 Å². The van der Waals surface area contributed by atoms with E-state index in [0.717, 1.165) is 6.26 Å². The number of nitrogens with zero attached hydrogens (tertiary/aromatic N) is 2. The number of benzene rings is 1. The largest absolute Gasteiger partial charge is 0.469 e. The number of fused-ring (bicyclic) bond motifs is 1. The van der Waals surface area contributed by atoms with Gasteiger partial charge in [-0.05, 0) is 12.1 Å². The zero-order valence-corrected chi connectivity index (χ0v) is 15.7. The highest BCUT2D eigenvalue weighted by atomic mass is 32.2. The summed E-state index contributed by atoms with van der Waals surface area (Å²) in [5.74, 6) is -0.339. The summed E-state index contributed by atoms with van der Waals surface area (Å²) in [6, 6.07) is 10.1. The normalized spacial score (nSPS) is 26.6. The lowest BCUT2D eigenvalue weighted by Crippen LogP contribution is -2.36. The van der Waals surface area contributed by atoms with Crippen LogP contribution in [0.15, 0.2) is 47.8 Å². The fourth-order valence-electron chi connectivity index (χ4n) is 3.14. The van der Waals surface area contributed by atoms with Gasteiger partial charge in [-0.2, -0.15) is 4.98 Å². The van der Waals surface area contributed by atoms with E-state index in [1.807, 2.05) is 6.07 Å². The first-order valence-electron chi connectivity index (χ1n) is 8.61. The Hall–Kier alpha value is -2.56. The molecule has 0 aliphatic carbocycles. The summed E-state index contributed by atoms with van der Waals surface area (Å²) in [6.07, 6.45) is 0.355. The second kappa shape index (κ2) is 7.46. The molecule has 0 bridgehead atoms. The van der Waals surface area contributed by atoms with Crippen molar-refractivity contribution in [2.75, 3.05) is 19.5 Å². The van der Waals surface area contributed by atoms with E-state index >= 15 is 0 Å². The van der Waals surface area contributed by atoms with E-state index in [0.29, 0.717) is 5.56 Å². The van der Waals surface area contributed by atoms with Crippen molar-refractivity contribution in [1.29, 1.82) is 0 Å². The van der Waals surface area contributed by atoms with Crippen LogP contribution in [0, 0.1) is 0 Å². The number of ether oxygens (including phenoxy) is 4. The topological polar surface area (TPSA) is 114 Å². The fraction of sp³-hybridized carbons (Fsp3) is 0.389. The molecular formula is C18H18N2O7S. The molecule has 28 heavy (non-hydrogen) atoms. The molecule has 2 aliphatic heterocycles. The zero-order valence-electron chi connectivity index (χ0n) is 14.9. The van der Waals surface area contributed by atoms with E-state index in [-0.39, 0.29) is 24.3 Å². The van der Waals surface area contributed by atoms with Crippen molar-refractivity contribution in [2.45, 2.75) is 29.6 Å². The van der Waals surface area contributed by atoms with Crippen molar-refractivity contribution in [3.8, 4) is 5.88 Å². The molecule has 2 fully saturated rings. The van der Waals surface area contributed by atoms with E-state index < -0.39 is 40.2 Å². The van der Waals surface area contributed by atoms with E-state index in [1.54, 1.807) is 24.3 Å². The maximum Gasteiger partial charge on any atom is 0.338 e. The molecular weight excluding hydrogens is 388 g/mol. The Balaban J connectivity index is 1.41. The quantitative estimate of drug-likeness (QED) is 0.521. The third-order valence-electron chi connectivity index (χ3n) is 4.44. The van der Waals surface area contributed by atoms with Gasteiger partial charge in [0.2, 0.25) is 20.9 Å². The molecule has 10 heteroatoms. The first-order chi connectivity index (χ1) is 13.4. The van der Waals surface area contributed by atoms with Crippen LogP contribution in [0.3, 0.4) is 0 Å². The first kappa shape index (κ1) is 18.8. The van der Waals surface area contributed by atoms with Crippen molar-refractivity contribution >= 4 is 15.8 Å². The molecule has 9 nitrogen and oxygen atoms in total. The summed E-state index contributed by atoms with van der Waals surface area (Å²) < 4.78 is 45.9. The maximum absolute atomic E-state index is 12.3. The summed E-state index contributed by atoms with van der Waals surface area (Å²) in [5.41, 5.74) is 0.450. The third-order valence-corrected chi connectivity index (χ3v) is 5.30. The third kappa shape index (κ3) is 3.84.